The number of aromatic nitrogens is 2. The quantitative estimate of drug-likeness (QED) is 0.621. The topological polar surface area (TPSA) is 16.8 Å². The zero-order chi connectivity index (χ0) is 14.4. The van der Waals surface area contributed by atoms with Crippen LogP contribution in [0.15, 0.2) is 42.7 Å². The summed E-state index contributed by atoms with van der Waals surface area (Å²) in [5.41, 5.74) is 6.79. The summed E-state index contributed by atoms with van der Waals surface area (Å²) in [6, 6.07) is 13.1. The van der Waals surface area contributed by atoms with E-state index in [0.29, 0.717) is 0 Å². The first-order valence-electron chi connectivity index (χ1n) is 7.61. The van der Waals surface area contributed by atoms with E-state index < -0.39 is 0 Å². The third kappa shape index (κ3) is 1.86. The molecule has 0 saturated heterocycles. The Hall–Kier alpha value is -2.22. The highest BCUT2D eigenvalue weighted by Gasteiger charge is 2.26. The third-order valence-corrected chi connectivity index (χ3v) is 4.67. The molecule has 104 valence electrons. The van der Waals surface area contributed by atoms with Crippen LogP contribution in [0.1, 0.15) is 23.2 Å². The fourth-order valence-corrected chi connectivity index (χ4v) is 3.59. The van der Waals surface area contributed by atoms with Gasteiger partial charge in [-0.05, 0) is 42.2 Å². The van der Waals surface area contributed by atoms with Gasteiger partial charge in [0.25, 0.3) is 6.33 Å². The molecule has 0 radical (unpaired) electrons. The van der Waals surface area contributed by atoms with Crippen LogP contribution in [0, 0.1) is 6.92 Å². The molecule has 1 aromatic heterocycles. The fourth-order valence-electron chi connectivity index (χ4n) is 3.59. The Labute approximate surface area is 125 Å². The van der Waals surface area contributed by atoms with Crippen LogP contribution in [0.4, 0.5) is 0 Å². The molecule has 0 bridgehead atoms. The first kappa shape index (κ1) is 12.5. The van der Waals surface area contributed by atoms with Gasteiger partial charge in [0.05, 0.1) is 7.05 Å². The smallest absolute Gasteiger partial charge is 0.232 e. The molecule has 1 heterocycles. The summed E-state index contributed by atoms with van der Waals surface area (Å²) in [5.74, 6) is 0. The lowest BCUT2D eigenvalue weighted by molar-refractivity contribution is -0.663. The predicted molar refractivity (Wildman–Crippen MR) is 85.1 cm³/mol. The number of hydrogen-bond acceptors (Lipinski definition) is 1. The number of nitrogens with zero attached hydrogens (tertiary/aromatic N) is 2. The first-order chi connectivity index (χ1) is 10.3. The van der Waals surface area contributed by atoms with Gasteiger partial charge in [-0.1, -0.05) is 35.3 Å². The minimum Gasteiger partial charge on any atom is -0.232 e. The number of rotatable bonds is 1. The molecule has 2 nitrogen and oxygen atoms in total. The van der Waals surface area contributed by atoms with Gasteiger partial charge >= 0.3 is 0 Å². The van der Waals surface area contributed by atoms with Gasteiger partial charge in [0, 0.05) is 17.5 Å². The molecule has 4 rings (SSSR count). The van der Waals surface area contributed by atoms with Crippen LogP contribution in [0.2, 0.25) is 0 Å². The zero-order valence-electron chi connectivity index (χ0n) is 12.6. The lowest BCUT2D eigenvalue weighted by Crippen LogP contribution is -2.33. The Morgan fingerprint density at radius 3 is 2.81 bits per heavy atom. The van der Waals surface area contributed by atoms with Crippen LogP contribution in [0.25, 0.3) is 22.0 Å². The van der Waals surface area contributed by atoms with Crippen molar-refractivity contribution >= 4 is 10.8 Å². The molecule has 0 N–H and O–H groups in total. The standard InChI is InChI=1S/C19H19N2/c1-13-15-7-4-3-6-14(15)10-11-16(13)19-17-8-5-9-18(17)20-12-21(19)2/h3-4,6-7,10-12H,5,8-9H2,1-2H3/q+1. The van der Waals surface area contributed by atoms with Crippen molar-refractivity contribution in [2.45, 2.75) is 26.2 Å². The molecule has 3 aromatic rings. The molecule has 0 fully saturated rings. The molecule has 0 atom stereocenters. The minimum absolute atomic E-state index is 1.12. The fraction of sp³-hybridized carbons (Fsp3) is 0.263. The third-order valence-electron chi connectivity index (χ3n) is 4.67. The summed E-state index contributed by atoms with van der Waals surface area (Å²) < 4.78 is 2.18. The Morgan fingerprint density at radius 1 is 1.05 bits per heavy atom. The summed E-state index contributed by atoms with van der Waals surface area (Å²) in [6.07, 6.45) is 5.47. The molecule has 1 aliphatic carbocycles. The van der Waals surface area contributed by atoms with Gasteiger partial charge in [-0.2, -0.15) is 0 Å². The van der Waals surface area contributed by atoms with Gasteiger partial charge in [0.1, 0.15) is 5.69 Å². The predicted octanol–water partition coefficient (Wildman–Crippen LogP) is 3.52. The molecule has 0 aliphatic heterocycles. The summed E-state index contributed by atoms with van der Waals surface area (Å²) in [5, 5.41) is 2.66. The van der Waals surface area contributed by atoms with Crippen LogP contribution < -0.4 is 4.57 Å². The van der Waals surface area contributed by atoms with Gasteiger partial charge in [-0.25, -0.2) is 4.57 Å². The first-order valence-corrected chi connectivity index (χ1v) is 7.61. The van der Waals surface area contributed by atoms with Gasteiger partial charge < -0.3 is 0 Å². The van der Waals surface area contributed by atoms with Crippen molar-refractivity contribution in [2.75, 3.05) is 0 Å². The van der Waals surface area contributed by atoms with Crippen molar-refractivity contribution < 1.29 is 4.57 Å². The van der Waals surface area contributed by atoms with E-state index in [-0.39, 0.29) is 0 Å². The van der Waals surface area contributed by atoms with E-state index in [9.17, 15) is 0 Å². The van der Waals surface area contributed by atoms with Crippen LogP contribution in [0.5, 0.6) is 0 Å². The minimum atomic E-state index is 1.12. The summed E-state index contributed by atoms with van der Waals surface area (Å²) in [4.78, 5) is 4.60. The molecule has 0 saturated carbocycles. The summed E-state index contributed by atoms with van der Waals surface area (Å²) in [6.45, 7) is 2.24. The summed E-state index contributed by atoms with van der Waals surface area (Å²) in [7, 11) is 2.11. The lowest BCUT2D eigenvalue weighted by atomic mass is 9.95. The van der Waals surface area contributed by atoms with Gasteiger partial charge in [-0.3, -0.25) is 0 Å². The van der Waals surface area contributed by atoms with Crippen molar-refractivity contribution in [1.29, 1.82) is 0 Å². The molecular weight excluding hydrogens is 256 g/mol. The lowest BCUT2D eigenvalue weighted by Gasteiger charge is -2.12. The zero-order valence-corrected chi connectivity index (χ0v) is 12.6. The maximum absolute atomic E-state index is 4.60. The van der Waals surface area contributed by atoms with Gasteiger partial charge in [0.15, 0.2) is 5.69 Å². The van der Waals surface area contributed by atoms with E-state index in [1.165, 1.54) is 45.3 Å². The Bertz CT molecular complexity index is 850. The Morgan fingerprint density at radius 2 is 1.90 bits per heavy atom. The van der Waals surface area contributed by atoms with Crippen molar-refractivity contribution in [1.82, 2.24) is 4.98 Å². The molecule has 21 heavy (non-hydrogen) atoms. The van der Waals surface area contributed by atoms with Crippen LogP contribution in [-0.2, 0) is 19.9 Å². The molecule has 2 aromatic carbocycles. The van der Waals surface area contributed by atoms with E-state index in [4.69, 9.17) is 0 Å². The molecule has 0 spiro atoms. The van der Waals surface area contributed by atoms with E-state index in [2.05, 4.69) is 59.9 Å². The number of benzene rings is 2. The van der Waals surface area contributed by atoms with Gasteiger partial charge in [0.2, 0.25) is 0 Å². The normalized spacial score (nSPS) is 13.6. The highest BCUT2D eigenvalue weighted by molar-refractivity contribution is 5.91. The molecular formula is C19H19N2+. The number of fused-ring (bicyclic) bond motifs is 2. The monoisotopic (exact) mass is 275 g/mol. The molecule has 2 heteroatoms. The average Bonchev–Trinajstić information content (AvgIpc) is 2.97. The van der Waals surface area contributed by atoms with E-state index in [1.54, 1.807) is 0 Å². The number of aryl methyl sites for hydroxylation is 3. The maximum Gasteiger partial charge on any atom is 0.286 e. The second-order valence-electron chi connectivity index (χ2n) is 5.94. The molecule has 0 amide bonds. The average molecular weight is 275 g/mol. The second kappa shape index (κ2) is 4.66. The van der Waals surface area contributed by atoms with Crippen LogP contribution >= 0.6 is 0 Å². The van der Waals surface area contributed by atoms with Gasteiger partial charge in [-0.15, -0.1) is 0 Å². The van der Waals surface area contributed by atoms with Crippen LogP contribution in [-0.4, -0.2) is 4.98 Å². The number of hydrogen-bond donors (Lipinski definition) is 0. The molecule has 1 aliphatic rings. The van der Waals surface area contributed by atoms with Crippen LogP contribution in [0.3, 0.4) is 0 Å². The maximum atomic E-state index is 4.60. The van der Waals surface area contributed by atoms with Crippen molar-refractivity contribution in [3.8, 4) is 11.3 Å². The Balaban J connectivity index is 2.04. The van der Waals surface area contributed by atoms with E-state index in [0.717, 1.165) is 12.8 Å². The van der Waals surface area contributed by atoms with Crippen molar-refractivity contribution in [3.63, 3.8) is 0 Å². The summed E-state index contributed by atoms with van der Waals surface area (Å²) >= 11 is 0. The highest BCUT2D eigenvalue weighted by atomic mass is 15.0. The van der Waals surface area contributed by atoms with Crippen molar-refractivity contribution in [2.24, 2.45) is 7.05 Å². The van der Waals surface area contributed by atoms with Crippen molar-refractivity contribution in [3.05, 3.63) is 59.5 Å². The largest absolute Gasteiger partial charge is 0.286 e. The SMILES string of the molecule is Cc1c(-c2c3c(nc[n+]2C)CCC3)ccc2ccccc12. The van der Waals surface area contributed by atoms with E-state index in [1.807, 2.05) is 6.33 Å². The molecule has 0 unspecified atom stereocenters. The Kier molecular flexibility index (Phi) is 2.78. The van der Waals surface area contributed by atoms with E-state index >= 15 is 0 Å². The second-order valence-corrected chi connectivity index (χ2v) is 5.94. The highest BCUT2D eigenvalue weighted by Crippen LogP contribution is 2.33.